The first kappa shape index (κ1) is 15.8. The van der Waals surface area contributed by atoms with Crippen molar-refractivity contribution >= 4 is 29.6 Å². The van der Waals surface area contributed by atoms with E-state index in [1.807, 2.05) is 6.07 Å². The number of halogens is 1. The standard InChI is InChI=1S/C15H16FN3O3S/c16-9-3-1-2-8-10(6-7-23-13(8)9)17-12(20)5-4-11-14(21)19-15(22)18-11/h1-3,10-11H,4-7H2,(H,17,20)(H2,18,19,21,22). The second kappa shape index (κ2) is 6.57. The number of thioether (sulfide) groups is 1. The molecule has 1 saturated heterocycles. The molecule has 0 aliphatic carbocycles. The quantitative estimate of drug-likeness (QED) is 0.726. The van der Waals surface area contributed by atoms with Gasteiger partial charge in [0, 0.05) is 17.1 Å². The number of imide groups is 1. The van der Waals surface area contributed by atoms with Crippen LogP contribution in [0.25, 0.3) is 0 Å². The minimum absolute atomic E-state index is 0.118. The van der Waals surface area contributed by atoms with Gasteiger partial charge in [0.05, 0.1) is 6.04 Å². The Morgan fingerprint density at radius 3 is 2.96 bits per heavy atom. The van der Waals surface area contributed by atoms with Crippen molar-refractivity contribution in [3.63, 3.8) is 0 Å². The summed E-state index contributed by atoms with van der Waals surface area (Å²) in [5.41, 5.74) is 0.793. The largest absolute Gasteiger partial charge is 0.349 e. The number of hydrogen-bond acceptors (Lipinski definition) is 4. The van der Waals surface area contributed by atoms with Gasteiger partial charge in [-0.25, -0.2) is 9.18 Å². The van der Waals surface area contributed by atoms with E-state index in [1.165, 1.54) is 17.8 Å². The van der Waals surface area contributed by atoms with Crippen molar-refractivity contribution in [3.8, 4) is 0 Å². The minimum Gasteiger partial charge on any atom is -0.349 e. The number of hydrogen-bond donors (Lipinski definition) is 3. The summed E-state index contributed by atoms with van der Waals surface area (Å²) in [6.45, 7) is 0. The number of fused-ring (bicyclic) bond motifs is 1. The maximum atomic E-state index is 13.8. The zero-order valence-corrected chi connectivity index (χ0v) is 13.0. The molecule has 6 nitrogen and oxygen atoms in total. The molecule has 2 unspecified atom stereocenters. The van der Waals surface area contributed by atoms with Crippen molar-refractivity contribution in [3.05, 3.63) is 29.6 Å². The van der Waals surface area contributed by atoms with Crippen molar-refractivity contribution < 1.29 is 18.8 Å². The molecule has 3 rings (SSSR count). The third-order valence-electron chi connectivity index (χ3n) is 3.88. The van der Waals surface area contributed by atoms with E-state index in [2.05, 4.69) is 16.0 Å². The van der Waals surface area contributed by atoms with Gasteiger partial charge in [0.15, 0.2) is 0 Å². The molecule has 8 heteroatoms. The Labute approximate surface area is 136 Å². The van der Waals surface area contributed by atoms with Crippen LogP contribution in [0.15, 0.2) is 23.1 Å². The molecule has 23 heavy (non-hydrogen) atoms. The Morgan fingerprint density at radius 1 is 1.39 bits per heavy atom. The second-order valence-electron chi connectivity index (χ2n) is 5.47. The van der Waals surface area contributed by atoms with Crippen molar-refractivity contribution in [2.24, 2.45) is 0 Å². The van der Waals surface area contributed by atoms with E-state index in [0.717, 1.165) is 17.7 Å². The predicted octanol–water partition coefficient (Wildman–Crippen LogP) is 1.47. The van der Waals surface area contributed by atoms with Gasteiger partial charge in [-0.1, -0.05) is 12.1 Å². The maximum absolute atomic E-state index is 13.8. The summed E-state index contributed by atoms with van der Waals surface area (Å²) in [6.07, 6.45) is 1.08. The Hall–Kier alpha value is -2.09. The topological polar surface area (TPSA) is 87.3 Å². The molecule has 2 aliphatic heterocycles. The molecule has 2 atom stereocenters. The molecule has 2 aliphatic rings. The van der Waals surface area contributed by atoms with Gasteiger partial charge in [0.1, 0.15) is 11.9 Å². The van der Waals surface area contributed by atoms with E-state index < -0.39 is 18.0 Å². The van der Waals surface area contributed by atoms with Gasteiger partial charge in [0.25, 0.3) is 5.91 Å². The molecular formula is C15H16FN3O3S. The number of carbonyl (C=O) groups is 3. The Bertz CT molecular complexity index is 667. The molecule has 0 saturated carbocycles. The van der Waals surface area contributed by atoms with Crippen molar-refractivity contribution in [1.29, 1.82) is 0 Å². The normalized spacial score (nSPS) is 23.0. The lowest BCUT2D eigenvalue weighted by Gasteiger charge is -2.26. The van der Waals surface area contributed by atoms with Crippen molar-refractivity contribution in [2.75, 3.05) is 5.75 Å². The first-order valence-corrected chi connectivity index (χ1v) is 8.35. The van der Waals surface area contributed by atoms with E-state index in [4.69, 9.17) is 0 Å². The summed E-state index contributed by atoms with van der Waals surface area (Å²) < 4.78 is 13.8. The van der Waals surface area contributed by atoms with Crippen LogP contribution in [0.4, 0.5) is 9.18 Å². The van der Waals surface area contributed by atoms with Gasteiger partial charge in [-0.05, 0) is 24.5 Å². The number of benzene rings is 1. The van der Waals surface area contributed by atoms with Crippen molar-refractivity contribution in [2.45, 2.75) is 36.2 Å². The van der Waals surface area contributed by atoms with Gasteiger partial charge in [-0.2, -0.15) is 0 Å². The Balaban J connectivity index is 1.58. The van der Waals surface area contributed by atoms with Crippen LogP contribution in [-0.4, -0.2) is 29.6 Å². The van der Waals surface area contributed by atoms with Gasteiger partial charge < -0.3 is 10.6 Å². The molecule has 0 spiro atoms. The number of amides is 4. The minimum atomic E-state index is -0.667. The lowest BCUT2D eigenvalue weighted by Crippen LogP contribution is -2.34. The SMILES string of the molecule is O=C(CCC1NC(=O)NC1=O)NC1CCSc2c(F)cccc21. The maximum Gasteiger partial charge on any atom is 0.322 e. The van der Waals surface area contributed by atoms with Crippen LogP contribution >= 0.6 is 11.8 Å². The average Bonchev–Trinajstić information content (AvgIpc) is 2.84. The molecule has 122 valence electrons. The highest BCUT2D eigenvalue weighted by atomic mass is 32.2. The second-order valence-corrected chi connectivity index (χ2v) is 6.57. The third-order valence-corrected chi connectivity index (χ3v) is 5.04. The Kier molecular flexibility index (Phi) is 4.51. The van der Waals surface area contributed by atoms with Crippen LogP contribution in [0, 0.1) is 5.82 Å². The van der Waals surface area contributed by atoms with Crippen LogP contribution in [0.3, 0.4) is 0 Å². The summed E-state index contributed by atoms with van der Waals surface area (Å²) in [7, 11) is 0. The summed E-state index contributed by atoms with van der Waals surface area (Å²) >= 11 is 1.45. The van der Waals surface area contributed by atoms with Gasteiger partial charge in [0.2, 0.25) is 5.91 Å². The molecule has 1 aromatic carbocycles. The van der Waals surface area contributed by atoms with Crippen LogP contribution in [0.2, 0.25) is 0 Å². The monoisotopic (exact) mass is 337 g/mol. The van der Waals surface area contributed by atoms with Crippen LogP contribution < -0.4 is 16.0 Å². The highest BCUT2D eigenvalue weighted by molar-refractivity contribution is 7.99. The lowest BCUT2D eigenvalue weighted by atomic mass is 10.0. The van der Waals surface area contributed by atoms with Crippen LogP contribution in [0.1, 0.15) is 30.9 Å². The summed E-state index contributed by atoms with van der Waals surface area (Å²) in [6, 6.07) is 3.45. The lowest BCUT2D eigenvalue weighted by molar-refractivity contribution is -0.122. The molecule has 2 heterocycles. The molecular weight excluding hydrogens is 321 g/mol. The molecule has 0 bridgehead atoms. The highest BCUT2D eigenvalue weighted by Gasteiger charge is 2.30. The molecule has 3 N–H and O–H groups in total. The fourth-order valence-corrected chi connectivity index (χ4v) is 3.88. The predicted molar refractivity (Wildman–Crippen MR) is 82.3 cm³/mol. The fraction of sp³-hybridized carbons (Fsp3) is 0.400. The van der Waals surface area contributed by atoms with E-state index in [9.17, 15) is 18.8 Å². The van der Waals surface area contributed by atoms with Crippen molar-refractivity contribution in [1.82, 2.24) is 16.0 Å². The fourth-order valence-electron chi connectivity index (χ4n) is 2.74. The summed E-state index contributed by atoms with van der Waals surface area (Å²) in [5, 5.41) is 7.47. The number of nitrogens with one attached hydrogen (secondary N) is 3. The van der Waals surface area contributed by atoms with Gasteiger partial charge in [-0.3, -0.25) is 14.9 Å². The summed E-state index contributed by atoms with van der Waals surface area (Å²) in [4.78, 5) is 35.1. The molecule has 0 radical (unpaired) electrons. The molecule has 0 aromatic heterocycles. The van der Waals surface area contributed by atoms with Crippen LogP contribution in [-0.2, 0) is 9.59 Å². The third kappa shape index (κ3) is 3.47. The number of carbonyl (C=O) groups excluding carboxylic acids is 3. The first-order chi connectivity index (χ1) is 11.0. The zero-order chi connectivity index (χ0) is 16.4. The Morgan fingerprint density at radius 2 is 2.22 bits per heavy atom. The zero-order valence-electron chi connectivity index (χ0n) is 12.2. The highest BCUT2D eigenvalue weighted by Crippen LogP contribution is 2.37. The molecule has 4 amide bonds. The first-order valence-electron chi connectivity index (χ1n) is 7.36. The van der Waals surface area contributed by atoms with E-state index in [-0.39, 0.29) is 30.6 Å². The van der Waals surface area contributed by atoms with E-state index in [1.54, 1.807) is 6.07 Å². The van der Waals surface area contributed by atoms with E-state index >= 15 is 0 Å². The molecule has 1 aromatic rings. The average molecular weight is 337 g/mol. The smallest absolute Gasteiger partial charge is 0.322 e. The number of urea groups is 1. The summed E-state index contributed by atoms with van der Waals surface area (Å²) in [5.74, 6) is -0.160. The van der Waals surface area contributed by atoms with Crippen LogP contribution in [0.5, 0.6) is 0 Å². The number of rotatable bonds is 4. The van der Waals surface area contributed by atoms with E-state index in [0.29, 0.717) is 4.90 Å². The van der Waals surface area contributed by atoms with Gasteiger partial charge >= 0.3 is 6.03 Å². The van der Waals surface area contributed by atoms with Gasteiger partial charge in [-0.15, -0.1) is 11.8 Å². The molecule has 1 fully saturated rings.